The fourth-order valence-electron chi connectivity index (χ4n) is 5.93. The molecule has 0 aromatic heterocycles. The van der Waals surface area contributed by atoms with Gasteiger partial charge in [0.1, 0.15) is 11.4 Å². The zero-order chi connectivity index (χ0) is 30.7. The first-order chi connectivity index (χ1) is 19.8. The van der Waals surface area contributed by atoms with Crippen molar-refractivity contribution in [2.24, 2.45) is 10.4 Å². The van der Waals surface area contributed by atoms with Crippen molar-refractivity contribution in [2.45, 2.75) is 97.9 Å². The number of aliphatic imine (C=N–C) groups is 1. The summed E-state index contributed by atoms with van der Waals surface area (Å²) in [7, 11) is 0. The molecule has 0 N–H and O–H groups in total. The van der Waals surface area contributed by atoms with Gasteiger partial charge in [0.05, 0.1) is 17.7 Å². The van der Waals surface area contributed by atoms with Gasteiger partial charge in [0.15, 0.2) is 0 Å². The second-order valence-corrected chi connectivity index (χ2v) is 14.0. The molecule has 1 atom stereocenters. The van der Waals surface area contributed by atoms with Gasteiger partial charge >= 0.3 is 5.97 Å². The van der Waals surface area contributed by atoms with Crippen molar-refractivity contribution in [2.75, 3.05) is 19.6 Å². The third-order valence-corrected chi connectivity index (χ3v) is 8.60. The maximum absolute atomic E-state index is 14.5. The maximum atomic E-state index is 14.5. The molecule has 4 rings (SSSR count). The van der Waals surface area contributed by atoms with Gasteiger partial charge in [0, 0.05) is 41.5 Å². The monoisotopic (exact) mass is 613 g/mol. The third-order valence-electron chi connectivity index (χ3n) is 8.16. The van der Waals surface area contributed by atoms with Gasteiger partial charge < -0.3 is 14.5 Å². The average molecular weight is 615 g/mol. The number of ether oxygens (including phenoxy) is 1. The van der Waals surface area contributed by atoms with Crippen LogP contribution < -0.4 is 0 Å². The Morgan fingerprint density at radius 3 is 2.21 bits per heavy atom. The Labute approximate surface area is 261 Å². The Morgan fingerprint density at radius 1 is 1.05 bits per heavy atom. The molecule has 2 aromatic rings. The van der Waals surface area contributed by atoms with E-state index < -0.39 is 5.66 Å². The first kappa shape index (κ1) is 32.5. The van der Waals surface area contributed by atoms with E-state index in [1.807, 2.05) is 43.0 Å². The molecule has 0 radical (unpaired) electrons. The number of carbonyl (C=O) groups is 2. The lowest BCUT2D eigenvalue weighted by atomic mass is 9.84. The highest BCUT2D eigenvalue weighted by Gasteiger charge is 2.51. The van der Waals surface area contributed by atoms with Crippen molar-refractivity contribution in [1.29, 1.82) is 0 Å². The van der Waals surface area contributed by atoms with Gasteiger partial charge in [-0.15, -0.1) is 0 Å². The van der Waals surface area contributed by atoms with Crippen molar-refractivity contribution >= 4 is 40.8 Å². The van der Waals surface area contributed by atoms with Gasteiger partial charge in [-0.3, -0.25) is 9.79 Å². The molecule has 0 bridgehead atoms. The van der Waals surface area contributed by atoms with Crippen molar-refractivity contribution in [3.63, 3.8) is 0 Å². The van der Waals surface area contributed by atoms with Crippen LogP contribution in [0.4, 0.5) is 0 Å². The van der Waals surface area contributed by atoms with E-state index in [1.54, 1.807) is 18.2 Å². The number of benzene rings is 2. The summed E-state index contributed by atoms with van der Waals surface area (Å²) >= 11 is 12.8. The fraction of sp³-hybridized carbons (Fsp3) is 0.559. The van der Waals surface area contributed by atoms with Gasteiger partial charge in [-0.25, -0.2) is 4.79 Å². The Hall–Kier alpha value is -2.41. The van der Waals surface area contributed by atoms with Crippen LogP contribution in [0, 0.1) is 5.41 Å². The lowest BCUT2D eigenvalue weighted by molar-refractivity contribution is -0.133. The van der Waals surface area contributed by atoms with E-state index in [0.717, 1.165) is 63.7 Å². The number of carbonyl (C=O) groups excluding carboxylic acids is 2. The van der Waals surface area contributed by atoms with Crippen molar-refractivity contribution in [3.05, 3.63) is 69.2 Å². The molecule has 0 aliphatic carbocycles. The molecule has 42 heavy (non-hydrogen) atoms. The first-order valence-electron chi connectivity index (χ1n) is 15.3. The molecule has 2 aromatic carbocycles. The van der Waals surface area contributed by atoms with Crippen LogP contribution in [-0.2, 0) is 9.53 Å². The number of halogens is 2. The summed E-state index contributed by atoms with van der Waals surface area (Å²) in [5, 5.41) is 0.950. The molecule has 0 saturated carbocycles. The summed E-state index contributed by atoms with van der Waals surface area (Å²) in [5.74, 6) is -0.447. The van der Waals surface area contributed by atoms with E-state index in [1.165, 1.54) is 0 Å². The maximum Gasteiger partial charge on any atom is 0.338 e. The standard InChI is InChI=1S/C34H45Cl2N3O3/c1-7-8-17-38-18-15-34(16-19-38)37-30(26-20-27(35)22-28(36)21-26)31(40)39(34)29(13-14-33(4,5)6)24-9-11-25(12-10-24)32(41)42-23(2)3/h9-12,20-23,29H,7-8,13-19H2,1-6H3/t29-/m1/s1. The molecular formula is C34H45Cl2N3O3. The van der Waals surface area contributed by atoms with E-state index in [-0.39, 0.29) is 29.4 Å². The Kier molecular flexibility index (Phi) is 10.4. The Morgan fingerprint density at radius 2 is 1.67 bits per heavy atom. The number of esters is 1. The molecule has 2 heterocycles. The SMILES string of the molecule is CCCCN1CCC2(CC1)N=C(c1cc(Cl)cc(Cl)c1)C(=O)N2[C@H](CCC(C)(C)C)c1ccc(C(=O)OC(C)C)cc1. The van der Waals surface area contributed by atoms with E-state index in [9.17, 15) is 9.59 Å². The van der Waals surface area contributed by atoms with Gasteiger partial charge in [0.2, 0.25) is 0 Å². The quantitative estimate of drug-likeness (QED) is 0.253. The zero-order valence-electron chi connectivity index (χ0n) is 25.9. The molecule has 2 aliphatic rings. The summed E-state index contributed by atoms with van der Waals surface area (Å²) in [6, 6.07) is 12.6. The second kappa shape index (κ2) is 13.5. The van der Waals surface area contributed by atoms with Crippen molar-refractivity contribution in [1.82, 2.24) is 9.80 Å². The molecule has 1 saturated heterocycles. The summed E-state index contributed by atoms with van der Waals surface area (Å²) in [6.07, 6.45) is 5.31. The highest BCUT2D eigenvalue weighted by Crippen LogP contribution is 2.45. The molecule has 1 amide bonds. The number of amides is 1. The minimum Gasteiger partial charge on any atom is -0.459 e. The zero-order valence-corrected chi connectivity index (χ0v) is 27.4. The van der Waals surface area contributed by atoms with E-state index in [2.05, 4.69) is 32.6 Å². The second-order valence-electron chi connectivity index (χ2n) is 13.2. The summed E-state index contributed by atoms with van der Waals surface area (Å²) in [5.41, 5.74) is 1.96. The molecule has 8 heteroatoms. The molecule has 2 aliphatic heterocycles. The Balaban J connectivity index is 1.76. The first-order valence-corrected chi connectivity index (χ1v) is 16.0. The van der Waals surface area contributed by atoms with E-state index in [4.69, 9.17) is 32.9 Å². The lowest BCUT2D eigenvalue weighted by Crippen LogP contribution is -2.54. The third kappa shape index (κ3) is 7.75. The largest absolute Gasteiger partial charge is 0.459 e. The molecule has 228 valence electrons. The summed E-state index contributed by atoms with van der Waals surface area (Å²) in [6.45, 7) is 15.4. The van der Waals surface area contributed by atoms with Gasteiger partial charge in [0.25, 0.3) is 5.91 Å². The van der Waals surface area contributed by atoms with Gasteiger partial charge in [-0.05, 0) is 81.0 Å². The average Bonchev–Trinajstić information content (AvgIpc) is 3.19. The smallest absolute Gasteiger partial charge is 0.338 e. The number of hydrogen-bond donors (Lipinski definition) is 0. The minimum absolute atomic E-state index is 0.0723. The Bertz CT molecular complexity index is 1270. The van der Waals surface area contributed by atoms with Crippen molar-refractivity contribution in [3.8, 4) is 0 Å². The van der Waals surface area contributed by atoms with Crippen LogP contribution in [0.5, 0.6) is 0 Å². The van der Waals surface area contributed by atoms with Crippen LogP contribution in [0.25, 0.3) is 0 Å². The fourth-order valence-corrected chi connectivity index (χ4v) is 6.46. The molecule has 6 nitrogen and oxygen atoms in total. The minimum atomic E-state index is -0.665. The summed E-state index contributed by atoms with van der Waals surface area (Å²) < 4.78 is 5.41. The number of nitrogens with zero attached hydrogens (tertiary/aromatic N) is 3. The molecule has 1 fully saturated rings. The van der Waals surface area contributed by atoms with Crippen LogP contribution in [0.15, 0.2) is 47.5 Å². The van der Waals surface area contributed by atoms with Gasteiger partial charge in [-0.1, -0.05) is 69.5 Å². The highest BCUT2D eigenvalue weighted by atomic mass is 35.5. The lowest BCUT2D eigenvalue weighted by Gasteiger charge is -2.46. The number of unbranched alkanes of at least 4 members (excludes halogenated alkanes) is 1. The predicted molar refractivity (Wildman–Crippen MR) is 172 cm³/mol. The van der Waals surface area contributed by atoms with Crippen LogP contribution >= 0.6 is 23.2 Å². The van der Waals surface area contributed by atoms with E-state index in [0.29, 0.717) is 26.9 Å². The number of likely N-dealkylation sites (tertiary alicyclic amines) is 1. The van der Waals surface area contributed by atoms with Crippen LogP contribution in [-0.4, -0.2) is 58.8 Å². The van der Waals surface area contributed by atoms with Gasteiger partial charge in [-0.2, -0.15) is 0 Å². The normalized spacial score (nSPS) is 18.1. The van der Waals surface area contributed by atoms with Crippen LogP contribution in [0.2, 0.25) is 10.0 Å². The number of hydrogen-bond acceptors (Lipinski definition) is 5. The summed E-state index contributed by atoms with van der Waals surface area (Å²) in [4.78, 5) is 36.9. The van der Waals surface area contributed by atoms with E-state index >= 15 is 0 Å². The van der Waals surface area contributed by atoms with Crippen molar-refractivity contribution < 1.29 is 14.3 Å². The number of piperidine rings is 1. The molecular weight excluding hydrogens is 569 g/mol. The molecule has 0 unspecified atom stereocenters. The predicted octanol–water partition coefficient (Wildman–Crippen LogP) is 8.35. The van der Waals surface area contributed by atoms with Crippen LogP contribution in [0.1, 0.15) is 108 Å². The highest BCUT2D eigenvalue weighted by molar-refractivity contribution is 6.47. The number of rotatable bonds is 10. The molecule has 1 spiro atoms. The van der Waals surface area contributed by atoms with Crippen LogP contribution in [0.3, 0.4) is 0 Å². The topological polar surface area (TPSA) is 62.2 Å².